The highest BCUT2D eigenvalue weighted by Crippen LogP contribution is 2.15. The number of hydrogen-bond acceptors (Lipinski definition) is 6. The summed E-state index contributed by atoms with van der Waals surface area (Å²) in [6, 6.07) is 5.91. The second-order valence-corrected chi connectivity index (χ2v) is 4.57. The fourth-order valence-corrected chi connectivity index (χ4v) is 1.56. The van der Waals surface area contributed by atoms with Crippen molar-refractivity contribution in [1.82, 2.24) is 16.0 Å². The molecule has 1 unspecified atom stereocenters. The number of aromatic hydroxyl groups is 1. The molecule has 6 N–H and O–H groups in total. The molecular weight excluding hydrogens is 290 g/mol. The molecule has 0 bridgehead atoms. The van der Waals surface area contributed by atoms with Crippen molar-refractivity contribution in [3.05, 3.63) is 24.3 Å². The minimum atomic E-state index is -0.683. The molecule has 0 aliphatic heterocycles. The van der Waals surface area contributed by atoms with E-state index in [9.17, 15) is 9.90 Å². The van der Waals surface area contributed by atoms with E-state index in [1.807, 2.05) is 0 Å². The van der Waals surface area contributed by atoms with Gasteiger partial charge in [0.25, 0.3) is 0 Å². The standard InChI is InChI=1S/C14H23N3O5/c18-8-7-17-14(21)16-6-5-15-9-12(20)10-22-13-3-1-11(19)2-4-13/h1-4,12,15,18-20H,5-10H2,(H2,16,17,21). The molecule has 0 aromatic heterocycles. The van der Waals surface area contributed by atoms with Crippen LogP contribution in [-0.2, 0) is 0 Å². The first kappa shape index (κ1) is 18.0. The highest BCUT2D eigenvalue weighted by Gasteiger charge is 2.05. The molecule has 124 valence electrons. The lowest BCUT2D eigenvalue weighted by molar-refractivity contribution is 0.106. The minimum absolute atomic E-state index is 0.0983. The summed E-state index contributed by atoms with van der Waals surface area (Å²) in [4.78, 5) is 11.1. The average molecular weight is 313 g/mol. The van der Waals surface area contributed by atoms with Gasteiger partial charge in [-0.15, -0.1) is 0 Å². The van der Waals surface area contributed by atoms with Crippen LogP contribution in [0.1, 0.15) is 0 Å². The predicted octanol–water partition coefficient (Wildman–Crippen LogP) is -0.987. The number of aliphatic hydroxyl groups excluding tert-OH is 2. The zero-order valence-corrected chi connectivity index (χ0v) is 12.3. The highest BCUT2D eigenvalue weighted by molar-refractivity contribution is 5.73. The average Bonchev–Trinajstić information content (AvgIpc) is 2.52. The Morgan fingerprint density at radius 3 is 2.50 bits per heavy atom. The Hall–Kier alpha value is -2.03. The zero-order valence-electron chi connectivity index (χ0n) is 12.3. The Morgan fingerprint density at radius 2 is 1.82 bits per heavy atom. The summed E-state index contributed by atoms with van der Waals surface area (Å²) in [5.41, 5.74) is 0. The fourth-order valence-electron chi connectivity index (χ4n) is 1.56. The Bertz CT molecular complexity index is 427. The van der Waals surface area contributed by atoms with Crippen LogP contribution in [0, 0.1) is 0 Å². The van der Waals surface area contributed by atoms with Crippen molar-refractivity contribution in [1.29, 1.82) is 0 Å². The molecule has 1 atom stereocenters. The SMILES string of the molecule is O=C(NCCO)NCCNCC(O)COc1ccc(O)cc1. The summed E-state index contributed by atoms with van der Waals surface area (Å²) >= 11 is 0. The van der Waals surface area contributed by atoms with Crippen molar-refractivity contribution >= 4 is 6.03 Å². The first-order valence-corrected chi connectivity index (χ1v) is 7.05. The summed E-state index contributed by atoms with van der Waals surface area (Å²) < 4.78 is 5.36. The van der Waals surface area contributed by atoms with Gasteiger partial charge in [-0.05, 0) is 24.3 Å². The van der Waals surface area contributed by atoms with Crippen LogP contribution < -0.4 is 20.7 Å². The molecule has 0 saturated carbocycles. The molecule has 0 aliphatic carbocycles. The number of benzene rings is 1. The lowest BCUT2D eigenvalue weighted by atomic mass is 10.3. The fraction of sp³-hybridized carbons (Fsp3) is 0.500. The van der Waals surface area contributed by atoms with Crippen molar-refractivity contribution in [2.45, 2.75) is 6.10 Å². The number of carbonyl (C=O) groups is 1. The second-order valence-electron chi connectivity index (χ2n) is 4.57. The normalized spacial score (nSPS) is 11.7. The minimum Gasteiger partial charge on any atom is -0.508 e. The third-order valence-corrected chi connectivity index (χ3v) is 2.64. The van der Waals surface area contributed by atoms with Crippen LogP contribution in [0.5, 0.6) is 11.5 Å². The molecule has 0 heterocycles. The first-order valence-electron chi connectivity index (χ1n) is 7.05. The molecule has 1 rings (SSSR count). The summed E-state index contributed by atoms with van der Waals surface area (Å²) in [5.74, 6) is 0.726. The van der Waals surface area contributed by atoms with Gasteiger partial charge in [-0.1, -0.05) is 0 Å². The number of rotatable bonds is 10. The van der Waals surface area contributed by atoms with Gasteiger partial charge in [-0.25, -0.2) is 4.79 Å². The third kappa shape index (κ3) is 8.30. The van der Waals surface area contributed by atoms with E-state index in [1.165, 1.54) is 12.1 Å². The van der Waals surface area contributed by atoms with Gasteiger partial charge >= 0.3 is 6.03 Å². The van der Waals surface area contributed by atoms with E-state index in [4.69, 9.17) is 14.9 Å². The van der Waals surface area contributed by atoms with Gasteiger partial charge < -0.3 is 36.0 Å². The maximum Gasteiger partial charge on any atom is 0.314 e. The van der Waals surface area contributed by atoms with Crippen molar-refractivity contribution in [2.24, 2.45) is 0 Å². The number of carbonyl (C=O) groups excluding carboxylic acids is 1. The number of amides is 2. The number of phenols is 1. The molecule has 0 spiro atoms. The summed E-state index contributed by atoms with van der Waals surface area (Å²) in [6.07, 6.45) is -0.683. The van der Waals surface area contributed by atoms with Crippen molar-refractivity contribution < 1.29 is 24.9 Å². The van der Waals surface area contributed by atoms with E-state index in [0.717, 1.165) is 0 Å². The van der Waals surface area contributed by atoms with E-state index in [-0.39, 0.29) is 31.5 Å². The molecule has 8 nitrogen and oxygen atoms in total. The summed E-state index contributed by atoms with van der Waals surface area (Å²) in [6.45, 7) is 1.48. The number of nitrogens with one attached hydrogen (secondary N) is 3. The predicted molar refractivity (Wildman–Crippen MR) is 81.0 cm³/mol. The van der Waals surface area contributed by atoms with Crippen molar-refractivity contribution in [3.63, 3.8) is 0 Å². The van der Waals surface area contributed by atoms with Crippen LogP contribution in [0.2, 0.25) is 0 Å². The Kier molecular flexibility index (Phi) is 8.73. The summed E-state index contributed by atoms with van der Waals surface area (Å²) in [5, 5.41) is 35.4. The number of ether oxygens (including phenoxy) is 1. The van der Waals surface area contributed by atoms with Gasteiger partial charge in [0.1, 0.15) is 24.2 Å². The molecule has 1 aromatic rings. The molecular formula is C14H23N3O5. The number of phenolic OH excluding ortho intramolecular Hbond substituents is 1. The molecule has 8 heteroatoms. The monoisotopic (exact) mass is 313 g/mol. The summed E-state index contributed by atoms with van der Waals surface area (Å²) in [7, 11) is 0. The molecule has 0 aliphatic rings. The van der Waals surface area contributed by atoms with Crippen LogP contribution in [0.3, 0.4) is 0 Å². The van der Waals surface area contributed by atoms with E-state index in [1.54, 1.807) is 12.1 Å². The molecule has 1 aromatic carbocycles. The van der Waals surface area contributed by atoms with Crippen LogP contribution in [-0.4, -0.2) is 66.8 Å². The zero-order chi connectivity index (χ0) is 16.2. The number of hydrogen-bond donors (Lipinski definition) is 6. The Balaban J connectivity index is 2.02. The maximum atomic E-state index is 11.1. The molecule has 2 amide bonds. The van der Waals surface area contributed by atoms with Crippen LogP contribution in [0.25, 0.3) is 0 Å². The number of aliphatic hydroxyl groups is 2. The van der Waals surface area contributed by atoms with Crippen LogP contribution >= 0.6 is 0 Å². The molecule has 0 saturated heterocycles. The van der Waals surface area contributed by atoms with Gasteiger partial charge in [0.15, 0.2) is 0 Å². The molecule has 22 heavy (non-hydrogen) atoms. The largest absolute Gasteiger partial charge is 0.508 e. The smallest absolute Gasteiger partial charge is 0.314 e. The van der Waals surface area contributed by atoms with Gasteiger partial charge in [-0.3, -0.25) is 0 Å². The lowest BCUT2D eigenvalue weighted by Crippen LogP contribution is -2.41. The van der Waals surface area contributed by atoms with E-state index >= 15 is 0 Å². The van der Waals surface area contributed by atoms with Gasteiger partial charge in [0.2, 0.25) is 0 Å². The maximum absolute atomic E-state index is 11.1. The lowest BCUT2D eigenvalue weighted by Gasteiger charge is -2.13. The highest BCUT2D eigenvalue weighted by atomic mass is 16.5. The quantitative estimate of drug-likeness (QED) is 0.308. The second kappa shape index (κ2) is 10.7. The van der Waals surface area contributed by atoms with E-state index in [0.29, 0.717) is 25.4 Å². The van der Waals surface area contributed by atoms with Gasteiger partial charge in [0, 0.05) is 26.2 Å². The Labute approximate surface area is 129 Å². The third-order valence-electron chi connectivity index (χ3n) is 2.64. The van der Waals surface area contributed by atoms with Gasteiger partial charge in [0.05, 0.1) is 6.61 Å². The van der Waals surface area contributed by atoms with E-state index in [2.05, 4.69) is 16.0 Å². The molecule has 0 fully saturated rings. The number of urea groups is 1. The van der Waals surface area contributed by atoms with Crippen molar-refractivity contribution in [2.75, 3.05) is 39.4 Å². The Morgan fingerprint density at radius 1 is 1.14 bits per heavy atom. The first-order chi connectivity index (χ1) is 10.6. The van der Waals surface area contributed by atoms with Crippen LogP contribution in [0.15, 0.2) is 24.3 Å². The van der Waals surface area contributed by atoms with Crippen LogP contribution in [0.4, 0.5) is 4.79 Å². The van der Waals surface area contributed by atoms with E-state index < -0.39 is 6.10 Å². The van der Waals surface area contributed by atoms with Crippen molar-refractivity contribution in [3.8, 4) is 11.5 Å². The molecule has 0 radical (unpaired) electrons. The van der Waals surface area contributed by atoms with Gasteiger partial charge in [-0.2, -0.15) is 0 Å². The topological polar surface area (TPSA) is 123 Å².